The summed E-state index contributed by atoms with van der Waals surface area (Å²) in [5, 5.41) is 13.1. The van der Waals surface area contributed by atoms with Crippen LogP contribution >= 0.6 is 15.9 Å². The molecule has 0 bridgehead atoms. The summed E-state index contributed by atoms with van der Waals surface area (Å²) >= 11 is 3.13. The standard InChI is InChI=1S/C12H8BrN3O4/c13-9-5-7(16(19)20)1-2-10(9)15-12(18)8-6-14-4-3-11(8)17/h1-6H,(H,14,17)(H,15,18). The van der Waals surface area contributed by atoms with E-state index in [2.05, 4.69) is 26.2 Å². The molecule has 2 rings (SSSR count). The fourth-order valence-electron chi connectivity index (χ4n) is 1.50. The minimum atomic E-state index is -0.596. The number of anilines is 1. The lowest BCUT2D eigenvalue weighted by Crippen LogP contribution is -2.21. The van der Waals surface area contributed by atoms with E-state index in [1.807, 2.05) is 0 Å². The van der Waals surface area contributed by atoms with Crippen LogP contribution in [0.1, 0.15) is 10.4 Å². The number of aromatic amines is 1. The minimum Gasteiger partial charge on any atom is -0.367 e. The van der Waals surface area contributed by atoms with Crippen LogP contribution in [0.4, 0.5) is 11.4 Å². The number of nitrogens with one attached hydrogen (secondary N) is 2. The van der Waals surface area contributed by atoms with Gasteiger partial charge in [-0.1, -0.05) is 0 Å². The number of amides is 1. The molecule has 0 aliphatic carbocycles. The molecule has 20 heavy (non-hydrogen) atoms. The third kappa shape index (κ3) is 2.91. The van der Waals surface area contributed by atoms with Gasteiger partial charge in [-0.05, 0) is 22.0 Å². The lowest BCUT2D eigenvalue weighted by atomic mass is 10.2. The van der Waals surface area contributed by atoms with Crippen LogP contribution in [-0.2, 0) is 0 Å². The largest absolute Gasteiger partial charge is 0.367 e. The van der Waals surface area contributed by atoms with Gasteiger partial charge in [-0.3, -0.25) is 19.7 Å². The highest BCUT2D eigenvalue weighted by atomic mass is 79.9. The maximum atomic E-state index is 11.9. The number of halogens is 1. The number of H-pyrrole nitrogens is 1. The van der Waals surface area contributed by atoms with Gasteiger partial charge in [-0.2, -0.15) is 0 Å². The minimum absolute atomic E-state index is 0.0437. The van der Waals surface area contributed by atoms with Gasteiger partial charge in [-0.15, -0.1) is 0 Å². The molecule has 0 radical (unpaired) electrons. The number of hydrogen-bond donors (Lipinski definition) is 2. The van der Waals surface area contributed by atoms with Crippen LogP contribution in [0.2, 0.25) is 0 Å². The first kappa shape index (κ1) is 13.9. The number of pyridine rings is 1. The second-order valence-corrected chi connectivity index (χ2v) is 4.65. The number of carbonyl (C=O) groups excluding carboxylic acids is 1. The molecule has 1 aromatic heterocycles. The second kappa shape index (κ2) is 5.66. The predicted molar refractivity (Wildman–Crippen MR) is 75.8 cm³/mol. The lowest BCUT2D eigenvalue weighted by molar-refractivity contribution is -0.384. The Hall–Kier alpha value is -2.48. The van der Waals surface area contributed by atoms with Gasteiger partial charge in [-0.25, -0.2) is 0 Å². The van der Waals surface area contributed by atoms with Gasteiger partial charge in [0, 0.05) is 35.1 Å². The van der Waals surface area contributed by atoms with E-state index in [0.717, 1.165) is 0 Å². The topological polar surface area (TPSA) is 105 Å². The van der Waals surface area contributed by atoms with Crippen LogP contribution in [0.15, 0.2) is 45.9 Å². The summed E-state index contributed by atoms with van der Waals surface area (Å²) in [5.41, 5.74) is -0.228. The van der Waals surface area contributed by atoms with E-state index in [0.29, 0.717) is 10.2 Å². The first-order chi connectivity index (χ1) is 9.49. The van der Waals surface area contributed by atoms with Crippen molar-refractivity contribution in [3.05, 3.63) is 67.0 Å². The van der Waals surface area contributed by atoms with Crippen molar-refractivity contribution in [3.63, 3.8) is 0 Å². The highest BCUT2D eigenvalue weighted by Crippen LogP contribution is 2.27. The molecule has 1 aromatic carbocycles. The van der Waals surface area contributed by atoms with Crippen molar-refractivity contribution >= 4 is 33.2 Å². The van der Waals surface area contributed by atoms with Gasteiger partial charge in [0.25, 0.3) is 11.6 Å². The highest BCUT2D eigenvalue weighted by Gasteiger charge is 2.14. The number of nitro benzene ring substituents is 1. The molecule has 0 unspecified atom stereocenters. The molecule has 2 N–H and O–H groups in total. The molecular formula is C12H8BrN3O4. The van der Waals surface area contributed by atoms with Crippen LogP contribution < -0.4 is 10.7 Å². The number of nitro groups is 1. The fraction of sp³-hybridized carbons (Fsp3) is 0. The molecule has 0 aliphatic heterocycles. The Morgan fingerprint density at radius 3 is 2.70 bits per heavy atom. The molecule has 2 aromatic rings. The van der Waals surface area contributed by atoms with Crippen LogP contribution in [-0.4, -0.2) is 15.8 Å². The third-order valence-electron chi connectivity index (χ3n) is 2.48. The monoisotopic (exact) mass is 337 g/mol. The zero-order valence-electron chi connectivity index (χ0n) is 9.92. The van der Waals surface area contributed by atoms with Crippen molar-refractivity contribution in [3.8, 4) is 0 Å². The predicted octanol–water partition coefficient (Wildman–Crippen LogP) is 2.30. The van der Waals surface area contributed by atoms with E-state index in [1.165, 1.54) is 36.7 Å². The summed E-state index contributed by atoms with van der Waals surface area (Å²) in [5.74, 6) is -0.596. The molecule has 1 heterocycles. The first-order valence-electron chi connectivity index (χ1n) is 5.41. The number of non-ortho nitro benzene ring substituents is 1. The highest BCUT2D eigenvalue weighted by molar-refractivity contribution is 9.10. The zero-order valence-corrected chi connectivity index (χ0v) is 11.5. The fourth-order valence-corrected chi connectivity index (χ4v) is 1.97. The molecular weight excluding hydrogens is 330 g/mol. The summed E-state index contributed by atoms with van der Waals surface area (Å²) in [4.78, 5) is 36.1. The number of benzene rings is 1. The van der Waals surface area contributed by atoms with Gasteiger partial charge in [0.05, 0.1) is 10.6 Å². The second-order valence-electron chi connectivity index (χ2n) is 3.80. The van der Waals surface area contributed by atoms with E-state index >= 15 is 0 Å². The quantitative estimate of drug-likeness (QED) is 0.662. The molecule has 7 nitrogen and oxygen atoms in total. The molecule has 0 fully saturated rings. The summed E-state index contributed by atoms with van der Waals surface area (Å²) in [6.45, 7) is 0. The van der Waals surface area contributed by atoms with Crippen molar-refractivity contribution in [2.24, 2.45) is 0 Å². The molecule has 0 atom stereocenters. The van der Waals surface area contributed by atoms with Crippen molar-refractivity contribution in [2.45, 2.75) is 0 Å². The Balaban J connectivity index is 2.27. The Kier molecular flexibility index (Phi) is 3.94. The molecule has 1 amide bonds. The number of nitrogens with zero attached hydrogens (tertiary/aromatic N) is 1. The van der Waals surface area contributed by atoms with Crippen LogP contribution in [0, 0.1) is 10.1 Å². The van der Waals surface area contributed by atoms with Crippen LogP contribution in [0.5, 0.6) is 0 Å². The van der Waals surface area contributed by atoms with E-state index in [9.17, 15) is 19.7 Å². The van der Waals surface area contributed by atoms with Gasteiger partial charge in [0.1, 0.15) is 5.56 Å². The van der Waals surface area contributed by atoms with E-state index in [1.54, 1.807) is 0 Å². The molecule has 0 aliphatic rings. The number of carbonyl (C=O) groups is 1. The molecule has 0 saturated heterocycles. The maximum Gasteiger partial charge on any atom is 0.270 e. The van der Waals surface area contributed by atoms with E-state index in [4.69, 9.17) is 0 Å². The van der Waals surface area contributed by atoms with E-state index < -0.39 is 16.3 Å². The number of hydrogen-bond acceptors (Lipinski definition) is 4. The zero-order chi connectivity index (χ0) is 14.7. The number of rotatable bonds is 3. The van der Waals surface area contributed by atoms with Crippen molar-refractivity contribution in [1.29, 1.82) is 0 Å². The van der Waals surface area contributed by atoms with Crippen molar-refractivity contribution < 1.29 is 9.72 Å². The average molecular weight is 338 g/mol. The van der Waals surface area contributed by atoms with E-state index in [-0.39, 0.29) is 11.3 Å². The van der Waals surface area contributed by atoms with Crippen molar-refractivity contribution in [2.75, 3.05) is 5.32 Å². The Labute approximate surface area is 120 Å². The van der Waals surface area contributed by atoms with Gasteiger partial charge >= 0.3 is 0 Å². The maximum absolute atomic E-state index is 11.9. The van der Waals surface area contributed by atoms with Gasteiger partial charge < -0.3 is 10.3 Å². The smallest absolute Gasteiger partial charge is 0.270 e. The average Bonchev–Trinajstić information content (AvgIpc) is 2.41. The molecule has 102 valence electrons. The normalized spacial score (nSPS) is 10.1. The Morgan fingerprint density at radius 1 is 1.35 bits per heavy atom. The Bertz CT molecular complexity index is 741. The summed E-state index contributed by atoms with van der Waals surface area (Å²) in [6.07, 6.45) is 2.71. The molecule has 8 heteroatoms. The van der Waals surface area contributed by atoms with Crippen LogP contribution in [0.3, 0.4) is 0 Å². The number of aromatic nitrogens is 1. The SMILES string of the molecule is O=C(Nc1ccc([N+](=O)[O-])cc1Br)c1c[nH]ccc1=O. The summed E-state index contributed by atoms with van der Waals surface area (Å²) in [6, 6.07) is 5.15. The summed E-state index contributed by atoms with van der Waals surface area (Å²) < 4.78 is 0.354. The first-order valence-corrected chi connectivity index (χ1v) is 6.21. The summed E-state index contributed by atoms with van der Waals surface area (Å²) in [7, 11) is 0. The molecule has 0 spiro atoms. The van der Waals surface area contributed by atoms with Gasteiger partial charge in [0.15, 0.2) is 5.43 Å². The third-order valence-corrected chi connectivity index (χ3v) is 3.14. The lowest BCUT2D eigenvalue weighted by Gasteiger charge is -2.06. The Morgan fingerprint density at radius 2 is 2.10 bits per heavy atom. The van der Waals surface area contributed by atoms with Crippen molar-refractivity contribution in [1.82, 2.24) is 4.98 Å². The molecule has 0 saturated carbocycles. The van der Waals surface area contributed by atoms with Gasteiger partial charge in [0.2, 0.25) is 0 Å². The van der Waals surface area contributed by atoms with Crippen LogP contribution in [0.25, 0.3) is 0 Å².